The van der Waals surface area contributed by atoms with Gasteiger partial charge in [0.1, 0.15) is 0 Å². The highest BCUT2D eigenvalue weighted by Gasteiger charge is 2.20. The predicted octanol–water partition coefficient (Wildman–Crippen LogP) is 3.20. The molecule has 1 aliphatic rings. The van der Waals surface area contributed by atoms with Crippen LogP contribution in [0.2, 0.25) is 0 Å². The molecule has 1 aromatic rings. The number of rotatable bonds is 6. The van der Waals surface area contributed by atoms with Gasteiger partial charge >= 0.3 is 0 Å². The Hall–Kier alpha value is -1.35. The number of hydrogen-bond donors (Lipinski definition) is 1. The standard InChI is InChI=1S/C18H28N2O/c1-15(2)20(14-17-7-4-3-5-8-17)18(21)11-10-16-9-6-12-19-13-16/h3-5,7-8,15-16,19H,6,9-14H2,1-2H3. The van der Waals surface area contributed by atoms with Crippen LogP contribution in [0.3, 0.4) is 0 Å². The summed E-state index contributed by atoms with van der Waals surface area (Å²) in [6, 6.07) is 10.5. The predicted molar refractivity (Wildman–Crippen MR) is 87.0 cm³/mol. The Kier molecular flexibility index (Phi) is 6.24. The van der Waals surface area contributed by atoms with Gasteiger partial charge in [0.25, 0.3) is 0 Å². The van der Waals surface area contributed by atoms with E-state index in [1.54, 1.807) is 0 Å². The molecular formula is C18H28N2O. The number of nitrogens with one attached hydrogen (secondary N) is 1. The lowest BCUT2D eigenvalue weighted by Crippen LogP contribution is -2.37. The van der Waals surface area contributed by atoms with Gasteiger partial charge in [-0.1, -0.05) is 30.3 Å². The van der Waals surface area contributed by atoms with Crippen LogP contribution in [0.4, 0.5) is 0 Å². The Morgan fingerprint density at radius 3 is 2.71 bits per heavy atom. The van der Waals surface area contributed by atoms with Gasteiger partial charge in [-0.05, 0) is 57.7 Å². The molecule has 0 bridgehead atoms. The Morgan fingerprint density at radius 1 is 1.33 bits per heavy atom. The molecule has 3 nitrogen and oxygen atoms in total. The fourth-order valence-electron chi connectivity index (χ4n) is 2.98. The number of hydrogen-bond acceptors (Lipinski definition) is 2. The van der Waals surface area contributed by atoms with E-state index in [0.717, 1.165) is 26.1 Å². The van der Waals surface area contributed by atoms with E-state index >= 15 is 0 Å². The molecular weight excluding hydrogens is 260 g/mol. The van der Waals surface area contributed by atoms with Crippen molar-refractivity contribution in [1.29, 1.82) is 0 Å². The van der Waals surface area contributed by atoms with Crippen molar-refractivity contribution in [2.45, 2.75) is 52.1 Å². The molecule has 0 saturated carbocycles. The summed E-state index contributed by atoms with van der Waals surface area (Å²) in [6.07, 6.45) is 4.21. The van der Waals surface area contributed by atoms with E-state index in [1.807, 2.05) is 23.1 Å². The molecule has 1 unspecified atom stereocenters. The maximum Gasteiger partial charge on any atom is 0.223 e. The molecule has 0 spiro atoms. The molecule has 1 N–H and O–H groups in total. The first-order chi connectivity index (χ1) is 10.2. The van der Waals surface area contributed by atoms with Crippen LogP contribution in [-0.2, 0) is 11.3 Å². The molecule has 0 radical (unpaired) electrons. The van der Waals surface area contributed by atoms with Crippen molar-refractivity contribution < 1.29 is 4.79 Å². The van der Waals surface area contributed by atoms with Crippen LogP contribution >= 0.6 is 0 Å². The summed E-state index contributed by atoms with van der Waals surface area (Å²) in [5, 5.41) is 3.43. The van der Waals surface area contributed by atoms with Gasteiger partial charge in [0, 0.05) is 19.0 Å². The van der Waals surface area contributed by atoms with Crippen LogP contribution in [-0.4, -0.2) is 29.9 Å². The van der Waals surface area contributed by atoms with E-state index in [9.17, 15) is 4.79 Å². The number of nitrogens with zero attached hydrogens (tertiary/aromatic N) is 1. The average Bonchev–Trinajstić information content (AvgIpc) is 2.52. The van der Waals surface area contributed by atoms with E-state index < -0.39 is 0 Å². The first-order valence-electron chi connectivity index (χ1n) is 8.21. The van der Waals surface area contributed by atoms with E-state index in [0.29, 0.717) is 18.2 Å². The summed E-state index contributed by atoms with van der Waals surface area (Å²) in [7, 11) is 0. The monoisotopic (exact) mass is 288 g/mol. The molecule has 1 aromatic carbocycles. The van der Waals surface area contributed by atoms with Crippen molar-refractivity contribution in [3.8, 4) is 0 Å². The quantitative estimate of drug-likeness (QED) is 0.872. The molecule has 2 rings (SSSR count). The van der Waals surface area contributed by atoms with Crippen LogP contribution in [0.25, 0.3) is 0 Å². The fourth-order valence-corrected chi connectivity index (χ4v) is 2.98. The molecule has 1 aliphatic heterocycles. The summed E-state index contributed by atoms with van der Waals surface area (Å²) in [5.41, 5.74) is 1.21. The Balaban J connectivity index is 1.86. The van der Waals surface area contributed by atoms with Gasteiger partial charge in [0.05, 0.1) is 0 Å². The fraction of sp³-hybridized carbons (Fsp3) is 0.611. The van der Waals surface area contributed by atoms with E-state index in [2.05, 4.69) is 31.3 Å². The number of amides is 1. The van der Waals surface area contributed by atoms with Crippen LogP contribution in [0.15, 0.2) is 30.3 Å². The van der Waals surface area contributed by atoms with E-state index in [4.69, 9.17) is 0 Å². The number of piperidine rings is 1. The van der Waals surface area contributed by atoms with Gasteiger partial charge in [-0.25, -0.2) is 0 Å². The van der Waals surface area contributed by atoms with E-state index in [1.165, 1.54) is 18.4 Å². The summed E-state index contributed by atoms with van der Waals surface area (Å²) >= 11 is 0. The van der Waals surface area contributed by atoms with Gasteiger partial charge in [-0.2, -0.15) is 0 Å². The zero-order valence-electron chi connectivity index (χ0n) is 13.3. The average molecular weight is 288 g/mol. The van der Waals surface area contributed by atoms with Crippen molar-refractivity contribution in [2.75, 3.05) is 13.1 Å². The second-order valence-electron chi connectivity index (χ2n) is 6.35. The summed E-state index contributed by atoms with van der Waals surface area (Å²) < 4.78 is 0. The summed E-state index contributed by atoms with van der Waals surface area (Å²) in [4.78, 5) is 14.5. The van der Waals surface area contributed by atoms with Crippen LogP contribution in [0.1, 0.15) is 45.1 Å². The number of carbonyl (C=O) groups excluding carboxylic acids is 1. The number of benzene rings is 1. The third kappa shape index (κ3) is 5.16. The first-order valence-corrected chi connectivity index (χ1v) is 8.21. The molecule has 1 fully saturated rings. The minimum Gasteiger partial charge on any atom is -0.336 e. The summed E-state index contributed by atoms with van der Waals surface area (Å²) in [6.45, 7) is 7.14. The Morgan fingerprint density at radius 2 is 2.10 bits per heavy atom. The van der Waals surface area contributed by atoms with Crippen molar-refractivity contribution in [2.24, 2.45) is 5.92 Å². The van der Waals surface area contributed by atoms with Crippen LogP contribution in [0, 0.1) is 5.92 Å². The summed E-state index contributed by atoms with van der Waals surface area (Å²) in [5.74, 6) is 0.966. The lowest BCUT2D eigenvalue weighted by atomic mass is 9.94. The second-order valence-corrected chi connectivity index (χ2v) is 6.35. The van der Waals surface area contributed by atoms with Gasteiger partial charge in [0.15, 0.2) is 0 Å². The van der Waals surface area contributed by atoms with Crippen LogP contribution in [0.5, 0.6) is 0 Å². The maximum atomic E-state index is 12.5. The zero-order chi connectivity index (χ0) is 15.1. The third-order valence-electron chi connectivity index (χ3n) is 4.30. The smallest absolute Gasteiger partial charge is 0.223 e. The molecule has 1 atom stereocenters. The lowest BCUT2D eigenvalue weighted by molar-refractivity contribution is -0.133. The molecule has 1 saturated heterocycles. The zero-order valence-corrected chi connectivity index (χ0v) is 13.3. The van der Waals surface area contributed by atoms with Crippen molar-refractivity contribution >= 4 is 5.91 Å². The molecule has 21 heavy (non-hydrogen) atoms. The molecule has 1 heterocycles. The van der Waals surface area contributed by atoms with E-state index in [-0.39, 0.29) is 6.04 Å². The number of carbonyl (C=O) groups is 1. The minimum absolute atomic E-state index is 0.252. The minimum atomic E-state index is 0.252. The topological polar surface area (TPSA) is 32.3 Å². The molecule has 0 aliphatic carbocycles. The third-order valence-corrected chi connectivity index (χ3v) is 4.30. The lowest BCUT2D eigenvalue weighted by Gasteiger charge is -2.28. The highest BCUT2D eigenvalue weighted by atomic mass is 16.2. The SMILES string of the molecule is CC(C)N(Cc1ccccc1)C(=O)CCC1CCCNC1. The van der Waals surface area contributed by atoms with Crippen molar-refractivity contribution in [3.05, 3.63) is 35.9 Å². The van der Waals surface area contributed by atoms with Crippen LogP contribution < -0.4 is 5.32 Å². The maximum absolute atomic E-state index is 12.5. The van der Waals surface area contributed by atoms with Crippen molar-refractivity contribution in [3.63, 3.8) is 0 Å². The largest absolute Gasteiger partial charge is 0.336 e. The molecule has 3 heteroatoms. The first kappa shape index (κ1) is 16.0. The van der Waals surface area contributed by atoms with Crippen molar-refractivity contribution in [1.82, 2.24) is 10.2 Å². The molecule has 0 aromatic heterocycles. The van der Waals surface area contributed by atoms with Gasteiger partial charge in [0.2, 0.25) is 5.91 Å². The Labute approximate surface area is 128 Å². The highest BCUT2D eigenvalue weighted by Crippen LogP contribution is 2.18. The highest BCUT2D eigenvalue weighted by molar-refractivity contribution is 5.76. The second kappa shape index (κ2) is 8.18. The molecule has 116 valence electrons. The normalized spacial score (nSPS) is 18.7. The van der Waals surface area contributed by atoms with Gasteiger partial charge < -0.3 is 10.2 Å². The van der Waals surface area contributed by atoms with Gasteiger partial charge in [-0.3, -0.25) is 4.79 Å². The van der Waals surface area contributed by atoms with Gasteiger partial charge in [-0.15, -0.1) is 0 Å². The Bertz CT molecular complexity index is 424. The molecule has 1 amide bonds.